The number of terminal acetylenes is 1. The molecule has 2 rings (SSSR count). The highest BCUT2D eigenvalue weighted by atomic mass is 14.9. The molecule has 0 aliphatic rings. The van der Waals surface area contributed by atoms with Gasteiger partial charge in [0.25, 0.3) is 0 Å². The number of hydrogen-bond acceptors (Lipinski definition) is 0. The van der Waals surface area contributed by atoms with Crippen molar-refractivity contribution in [3.05, 3.63) is 36.7 Å². The number of hydrogen-bond donors (Lipinski definition) is 0. The first kappa shape index (κ1) is 7.00. The van der Waals surface area contributed by atoms with Crippen LogP contribution in [0, 0.1) is 12.3 Å². The Balaban J connectivity index is 2.56. The molecular formula is C11H9N. The van der Waals surface area contributed by atoms with Gasteiger partial charge < -0.3 is 4.57 Å². The molecule has 12 heavy (non-hydrogen) atoms. The maximum Gasteiger partial charge on any atom is 0.0829 e. The van der Waals surface area contributed by atoms with Gasteiger partial charge in [-0.05, 0) is 10.8 Å². The number of rotatable bonds is 1. The average molecular weight is 155 g/mol. The number of benzene rings is 1. The van der Waals surface area contributed by atoms with Crippen LogP contribution < -0.4 is 0 Å². The summed E-state index contributed by atoms with van der Waals surface area (Å²) >= 11 is 0. The van der Waals surface area contributed by atoms with Gasteiger partial charge in [0, 0.05) is 12.4 Å². The van der Waals surface area contributed by atoms with E-state index >= 15 is 0 Å². The molecule has 0 spiro atoms. The van der Waals surface area contributed by atoms with Crippen molar-refractivity contribution in [3.8, 4) is 12.3 Å². The molecule has 58 valence electrons. The van der Waals surface area contributed by atoms with Crippen molar-refractivity contribution in [1.82, 2.24) is 4.57 Å². The van der Waals surface area contributed by atoms with Crippen molar-refractivity contribution < 1.29 is 0 Å². The summed E-state index contributed by atoms with van der Waals surface area (Å²) in [6, 6.07) is 8.23. The standard InChI is InChI=1S/C11H9N/c1-2-7-12-8-10-5-3-4-6-11(10)9-12/h1,3-6,8-9H,7H2. The lowest BCUT2D eigenvalue weighted by molar-refractivity contribution is 0.856. The topological polar surface area (TPSA) is 4.93 Å². The van der Waals surface area contributed by atoms with Crippen molar-refractivity contribution in [2.75, 3.05) is 0 Å². The molecule has 1 heterocycles. The maximum absolute atomic E-state index is 5.21. The van der Waals surface area contributed by atoms with E-state index in [-0.39, 0.29) is 0 Å². The van der Waals surface area contributed by atoms with Gasteiger partial charge in [0.2, 0.25) is 0 Å². The van der Waals surface area contributed by atoms with Crippen LogP contribution >= 0.6 is 0 Å². The Kier molecular flexibility index (Phi) is 1.60. The van der Waals surface area contributed by atoms with Gasteiger partial charge in [-0.2, -0.15) is 0 Å². The highest BCUT2D eigenvalue weighted by Crippen LogP contribution is 2.13. The fourth-order valence-corrected chi connectivity index (χ4v) is 1.34. The lowest BCUT2D eigenvalue weighted by Gasteiger charge is -1.90. The molecule has 1 aromatic carbocycles. The van der Waals surface area contributed by atoms with Crippen LogP contribution in [0.4, 0.5) is 0 Å². The molecule has 0 saturated carbocycles. The van der Waals surface area contributed by atoms with E-state index in [1.54, 1.807) is 0 Å². The second-order valence-electron chi connectivity index (χ2n) is 2.76. The lowest BCUT2D eigenvalue weighted by Crippen LogP contribution is -1.88. The summed E-state index contributed by atoms with van der Waals surface area (Å²) < 4.78 is 2.02. The zero-order valence-corrected chi connectivity index (χ0v) is 6.70. The van der Waals surface area contributed by atoms with Crippen LogP contribution in [-0.2, 0) is 6.54 Å². The predicted molar refractivity (Wildman–Crippen MR) is 50.8 cm³/mol. The molecule has 1 heteroatoms. The predicted octanol–water partition coefficient (Wildman–Crippen LogP) is 2.27. The quantitative estimate of drug-likeness (QED) is 0.557. The molecule has 1 nitrogen and oxygen atoms in total. The van der Waals surface area contributed by atoms with E-state index in [9.17, 15) is 0 Å². The van der Waals surface area contributed by atoms with Crippen LogP contribution in [0.5, 0.6) is 0 Å². The molecule has 0 fully saturated rings. The molecule has 2 aromatic rings. The van der Waals surface area contributed by atoms with E-state index in [2.05, 4.69) is 30.4 Å². The normalized spacial score (nSPS) is 9.92. The van der Waals surface area contributed by atoms with Crippen LogP contribution in [0.2, 0.25) is 0 Å². The van der Waals surface area contributed by atoms with Gasteiger partial charge in [0.1, 0.15) is 0 Å². The molecule has 0 atom stereocenters. The Bertz CT molecular complexity index is 398. The Morgan fingerprint density at radius 2 is 1.75 bits per heavy atom. The summed E-state index contributed by atoms with van der Waals surface area (Å²) in [5.74, 6) is 2.61. The van der Waals surface area contributed by atoms with Gasteiger partial charge in [0.05, 0.1) is 6.54 Å². The van der Waals surface area contributed by atoms with Crippen LogP contribution in [0.3, 0.4) is 0 Å². The summed E-state index contributed by atoms with van der Waals surface area (Å²) in [7, 11) is 0. The zero-order chi connectivity index (χ0) is 8.39. The first-order valence-electron chi connectivity index (χ1n) is 3.88. The summed E-state index contributed by atoms with van der Waals surface area (Å²) in [6.07, 6.45) is 9.34. The van der Waals surface area contributed by atoms with Gasteiger partial charge in [-0.15, -0.1) is 6.42 Å². The highest BCUT2D eigenvalue weighted by Gasteiger charge is 1.94. The number of aromatic nitrogens is 1. The minimum atomic E-state index is 0.648. The number of nitrogens with zero attached hydrogens (tertiary/aromatic N) is 1. The fourth-order valence-electron chi connectivity index (χ4n) is 1.34. The van der Waals surface area contributed by atoms with Crippen molar-refractivity contribution in [2.45, 2.75) is 6.54 Å². The van der Waals surface area contributed by atoms with Crippen LogP contribution in [0.25, 0.3) is 10.8 Å². The van der Waals surface area contributed by atoms with Gasteiger partial charge in [-0.25, -0.2) is 0 Å². The third kappa shape index (κ3) is 1.08. The largest absolute Gasteiger partial charge is 0.342 e. The maximum atomic E-state index is 5.21. The van der Waals surface area contributed by atoms with E-state index in [1.807, 2.05) is 16.7 Å². The minimum absolute atomic E-state index is 0.648. The molecule has 0 aliphatic heterocycles. The Hall–Kier alpha value is -1.68. The molecule has 0 radical (unpaired) electrons. The number of fused-ring (bicyclic) bond motifs is 1. The van der Waals surface area contributed by atoms with Crippen LogP contribution in [0.1, 0.15) is 0 Å². The minimum Gasteiger partial charge on any atom is -0.342 e. The Labute approximate surface area is 71.6 Å². The van der Waals surface area contributed by atoms with Crippen LogP contribution in [-0.4, -0.2) is 4.57 Å². The zero-order valence-electron chi connectivity index (χ0n) is 6.70. The highest BCUT2D eigenvalue weighted by molar-refractivity contribution is 5.82. The summed E-state index contributed by atoms with van der Waals surface area (Å²) in [5.41, 5.74) is 0. The second kappa shape index (κ2) is 2.75. The van der Waals surface area contributed by atoms with Crippen molar-refractivity contribution >= 4 is 10.8 Å². The third-order valence-corrected chi connectivity index (χ3v) is 1.88. The Morgan fingerprint density at radius 3 is 2.25 bits per heavy atom. The fraction of sp³-hybridized carbons (Fsp3) is 0.0909. The smallest absolute Gasteiger partial charge is 0.0829 e. The first-order valence-corrected chi connectivity index (χ1v) is 3.88. The molecular weight excluding hydrogens is 146 g/mol. The lowest BCUT2D eigenvalue weighted by atomic mass is 10.2. The summed E-state index contributed by atoms with van der Waals surface area (Å²) in [5, 5.41) is 2.49. The van der Waals surface area contributed by atoms with E-state index < -0.39 is 0 Å². The van der Waals surface area contributed by atoms with Gasteiger partial charge in [-0.1, -0.05) is 30.2 Å². The van der Waals surface area contributed by atoms with E-state index in [0.29, 0.717) is 6.54 Å². The van der Waals surface area contributed by atoms with E-state index in [0.717, 1.165) is 0 Å². The van der Waals surface area contributed by atoms with Gasteiger partial charge in [-0.3, -0.25) is 0 Å². The van der Waals surface area contributed by atoms with Gasteiger partial charge >= 0.3 is 0 Å². The summed E-state index contributed by atoms with van der Waals surface area (Å²) in [6.45, 7) is 0.648. The molecule has 0 unspecified atom stereocenters. The molecule has 1 aromatic heterocycles. The van der Waals surface area contributed by atoms with Crippen molar-refractivity contribution in [1.29, 1.82) is 0 Å². The Morgan fingerprint density at radius 1 is 1.17 bits per heavy atom. The van der Waals surface area contributed by atoms with Crippen LogP contribution in [0.15, 0.2) is 36.7 Å². The SMILES string of the molecule is C#CCn1cc2ccccc2c1. The first-order chi connectivity index (χ1) is 5.90. The average Bonchev–Trinajstić information content (AvgIpc) is 2.47. The second-order valence-corrected chi connectivity index (χ2v) is 2.76. The molecule has 0 N–H and O–H groups in total. The van der Waals surface area contributed by atoms with Crippen molar-refractivity contribution in [3.63, 3.8) is 0 Å². The van der Waals surface area contributed by atoms with E-state index in [4.69, 9.17) is 6.42 Å². The van der Waals surface area contributed by atoms with E-state index in [1.165, 1.54) is 10.8 Å². The molecule has 0 saturated heterocycles. The van der Waals surface area contributed by atoms with Crippen molar-refractivity contribution in [2.24, 2.45) is 0 Å². The summed E-state index contributed by atoms with van der Waals surface area (Å²) in [4.78, 5) is 0. The molecule has 0 bridgehead atoms. The molecule has 0 amide bonds. The third-order valence-electron chi connectivity index (χ3n) is 1.88. The monoisotopic (exact) mass is 155 g/mol. The molecule has 0 aliphatic carbocycles. The van der Waals surface area contributed by atoms with Gasteiger partial charge in [0.15, 0.2) is 0 Å².